The Morgan fingerprint density at radius 3 is 2.54 bits per heavy atom. The molecule has 130 valence electrons. The second-order valence-electron chi connectivity index (χ2n) is 6.68. The predicted molar refractivity (Wildman–Crippen MR) is 91.4 cm³/mol. The van der Waals surface area contributed by atoms with Crippen molar-refractivity contribution in [3.63, 3.8) is 0 Å². The number of ether oxygens (including phenoxy) is 2. The standard InChI is InChI=1S/C19H25NO4/c1-3-24-17-11-15(7-8-16(17)23-2)20-19(22)14-9-12-5-4-6-13(10-14)18(12)21/h7-8,11-14H,3-6,9-10H2,1-2H3,(H,20,22). The Hall–Kier alpha value is -2.04. The zero-order valence-corrected chi connectivity index (χ0v) is 14.3. The summed E-state index contributed by atoms with van der Waals surface area (Å²) in [6.07, 6.45) is 4.38. The van der Waals surface area contributed by atoms with Crippen LogP contribution in [0.4, 0.5) is 5.69 Å². The monoisotopic (exact) mass is 331 g/mol. The van der Waals surface area contributed by atoms with Crippen molar-refractivity contribution < 1.29 is 19.1 Å². The maximum absolute atomic E-state index is 12.6. The van der Waals surface area contributed by atoms with Crippen molar-refractivity contribution in [3.8, 4) is 11.5 Å². The van der Waals surface area contributed by atoms with Crippen LogP contribution < -0.4 is 14.8 Å². The summed E-state index contributed by atoms with van der Waals surface area (Å²) in [5, 5.41) is 2.98. The molecule has 2 atom stereocenters. The number of anilines is 1. The van der Waals surface area contributed by atoms with Crippen molar-refractivity contribution in [1.82, 2.24) is 0 Å². The van der Waals surface area contributed by atoms with E-state index in [-0.39, 0.29) is 23.7 Å². The fraction of sp³-hybridized carbons (Fsp3) is 0.579. The topological polar surface area (TPSA) is 64.6 Å². The van der Waals surface area contributed by atoms with Crippen LogP contribution in [0.5, 0.6) is 11.5 Å². The van der Waals surface area contributed by atoms with E-state index in [0.29, 0.717) is 42.4 Å². The molecule has 3 rings (SSSR count). The Kier molecular flexibility index (Phi) is 5.07. The van der Waals surface area contributed by atoms with Crippen LogP contribution in [0.3, 0.4) is 0 Å². The van der Waals surface area contributed by atoms with Crippen molar-refractivity contribution in [2.24, 2.45) is 17.8 Å². The molecule has 0 radical (unpaired) electrons. The smallest absolute Gasteiger partial charge is 0.227 e. The summed E-state index contributed by atoms with van der Waals surface area (Å²) in [5.74, 6) is 1.75. The minimum atomic E-state index is -0.0735. The first-order valence-electron chi connectivity index (χ1n) is 8.77. The number of rotatable bonds is 5. The van der Waals surface area contributed by atoms with E-state index in [1.807, 2.05) is 13.0 Å². The number of hydrogen-bond donors (Lipinski definition) is 1. The quantitative estimate of drug-likeness (QED) is 0.898. The molecule has 2 saturated carbocycles. The number of carbonyl (C=O) groups excluding carboxylic acids is 2. The van der Waals surface area contributed by atoms with Gasteiger partial charge < -0.3 is 14.8 Å². The van der Waals surface area contributed by atoms with Crippen LogP contribution in [0.25, 0.3) is 0 Å². The van der Waals surface area contributed by atoms with Gasteiger partial charge >= 0.3 is 0 Å². The number of hydrogen-bond acceptors (Lipinski definition) is 4. The summed E-state index contributed by atoms with van der Waals surface area (Å²) in [5.41, 5.74) is 0.700. The van der Waals surface area contributed by atoms with Crippen LogP contribution in [0.1, 0.15) is 39.0 Å². The largest absolute Gasteiger partial charge is 0.493 e. The Balaban J connectivity index is 1.68. The molecule has 1 amide bonds. The molecule has 1 aromatic rings. The minimum Gasteiger partial charge on any atom is -0.493 e. The van der Waals surface area contributed by atoms with E-state index in [1.165, 1.54) is 0 Å². The fourth-order valence-corrected chi connectivity index (χ4v) is 3.96. The highest BCUT2D eigenvalue weighted by molar-refractivity contribution is 5.95. The molecule has 5 heteroatoms. The Morgan fingerprint density at radius 1 is 1.21 bits per heavy atom. The third-order valence-electron chi connectivity index (χ3n) is 5.15. The van der Waals surface area contributed by atoms with Gasteiger partial charge in [-0.15, -0.1) is 0 Å². The van der Waals surface area contributed by atoms with E-state index in [0.717, 1.165) is 19.3 Å². The van der Waals surface area contributed by atoms with E-state index in [4.69, 9.17) is 9.47 Å². The maximum Gasteiger partial charge on any atom is 0.227 e. The third kappa shape index (κ3) is 3.40. The summed E-state index contributed by atoms with van der Waals surface area (Å²) in [6, 6.07) is 5.39. The molecule has 1 N–H and O–H groups in total. The first-order valence-corrected chi connectivity index (χ1v) is 8.77. The van der Waals surface area contributed by atoms with Crippen molar-refractivity contribution in [1.29, 1.82) is 0 Å². The van der Waals surface area contributed by atoms with Crippen LogP contribution >= 0.6 is 0 Å². The third-order valence-corrected chi connectivity index (χ3v) is 5.15. The minimum absolute atomic E-state index is 0.00650. The van der Waals surface area contributed by atoms with Crippen molar-refractivity contribution >= 4 is 17.4 Å². The lowest BCUT2D eigenvalue weighted by molar-refractivity contribution is -0.136. The molecular formula is C19H25NO4. The molecular weight excluding hydrogens is 306 g/mol. The van der Waals surface area contributed by atoms with Crippen LogP contribution in [0, 0.1) is 17.8 Å². The van der Waals surface area contributed by atoms with E-state index < -0.39 is 0 Å². The number of amides is 1. The van der Waals surface area contributed by atoms with Gasteiger partial charge in [-0.2, -0.15) is 0 Å². The van der Waals surface area contributed by atoms with Crippen molar-refractivity contribution in [2.75, 3.05) is 19.0 Å². The van der Waals surface area contributed by atoms with Gasteiger partial charge in [-0.25, -0.2) is 0 Å². The molecule has 0 aliphatic heterocycles. The van der Waals surface area contributed by atoms with Gasteiger partial charge in [0, 0.05) is 29.5 Å². The van der Waals surface area contributed by atoms with Gasteiger partial charge in [0.2, 0.25) is 5.91 Å². The van der Waals surface area contributed by atoms with Crippen molar-refractivity contribution in [2.45, 2.75) is 39.0 Å². The van der Waals surface area contributed by atoms with E-state index in [9.17, 15) is 9.59 Å². The van der Waals surface area contributed by atoms with Crippen LogP contribution in [0.15, 0.2) is 18.2 Å². The lowest BCUT2D eigenvalue weighted by atomic mass is 9.67. The van der Waals surface area contributed by atoms with Gasteiger partial charge in [0.05, 0.1) is 13.7 Å². The summed E-state index contributed by atoms with van der Waals surface area (Å²) in [7, 11) is 1.59. The summed E-state index contributed by atoms with van der Waals surface area (Å²) in [6.45, 7) is 2.43. The molecule has 2 fully saturated rings. The summed E-state index contributed by atoms with van der Waals surface area (Å²) in [4.78, 5) is 24.8. The highest BCUT2D eigenvalue weighted by Gasteiger charge is 2.41. The molecule has 2 unspecified atom stereocenters. The number of carbonyl (C=O) groups is 2. The Morgan fingerprint density at radius 2 is 1.92 bits per heavy atom. The van der Waals surface area contributed by atoms with Crippen LogP contribution in [-0.4, -0.2) is 25.4 Å². The van der Waals surface area contributed by atoms with Gasteiger partial charge in [0.1, 0.15) is 5.78 Å². The summed E-state index contributed by atoms with van der Waals surface area (Å²) >= 11 is 0. The van der Waals surface area contributed by atoms with Crippen LogP contribution in [0.2, 0.25) is 0 Å². The van der Waals surface area contributed by atoms with E-state index in [2.05, 4.69) is 5.32 Å². The number of benzene rings is 1. The number of ketones is 1. The first-order chi connectivity index (χ1) is 11.6. The average molecular weight is 331 g/mol. The number of methoxy groups -OCH3 is 1. The zero-order valence-electron chi connectivity index (χ0n) is 14.3. The van der Waals surface area contributed by atoms with Gasteiger partial charge in [0.15, 0.2) is 11.5 Å². The Bertz CT molecular complexity index is 612. The molecule has 2 bridgehead atoms. The number of fused-ring (bicyclic) bond motifs is 2. The van der Waals surface area contributed by atoms with Crippen molar-refractivity contribution in [3.05, 3.63) is 18.2 Å². The fourth-order valence-electron chi connectivity index (χ4n) is 3.96. The second kappa shape index (κ2) is 7.24. The van der Waals surface area contributed by atoms with E-state index >= 15 is 0 Å². The molecule has 2 aliphatic rings. The van der Waals surface area contributed by atoms with Gasteiger partial charge in [-0.3, -0.25) is 9.59 Å². The van der Waals surface area contributed by atoms with Gasteiger partial charge in [-0.05, 0) is 44.7 Å². The molecule has 2 aliphatic carbocycles. The number of Topliss-reactive ketones (excluding diaryl/α,β-unsaturated/α-hetero) is 1. The SMILES string of the molecule is CCOc1cc(NC(=O)C2CC3CCCC(C2)C3=O)ccc1OC. The molecule has 24 heavy (non-hydrogen) atoms. The molecule has 5 nitrogen and oxygen atoms in total. The highest BCUT2D eigenvalue weighted by atomic mass is 16.5. The molecule has 0 spiro atoms. The Labute approximate surface area is 142 Å². The molecule has 1 aromatic carbocycles. The second-order valence-corrected chi connectivity index (χ2v) is 6.68. The highest BCUT2D eigenvalue weighted by Crippen LogP contribution is 2.40. The van der Waals surface area contributed by atoms with E-state index in [1.54, 1.807) is 19.2 Å². The lowest BCUT2D eigenvalue weighted by Gasteiger charge is -2.36. The van der Waals surface area contributed by atoms with Gasteiger partial charge in [-0.1, -0.05) is 6.42 Å². The molecule has 0 aromatic heterocycles. The average Bonchev–Trinajstić information content (AvgIpc) is 2.55. The molecule has 0 heterocycles. The molecule has 0 saturated heterocycles. The lowest BCUT2D eigenvalue weighted by Crippen LogP contribution is -2.40. The summed E-state index contributed by atoms with van der Waals surface area (Å²) < 4.78 is 10.8. The van der Waals surface area contributed by atoms with Crippen LogP contribution in [-0.2, 0) is 9.59 Å². The normalized spacial score (nSPS) is 25.9. The predicted octanol–water partition coefficient (Wildman–Crippen LogP) is 3.43. The first kappa shape index (κ1) is 16.8. The maximum atomic E-state index is 12.6. The number of nitrogens with one attached hydrogen (secondary N) is 1. The zero-order chi connectivity index (χ0) is 17.1. The van der Waals surface area contributed by atoms with Gasteiger partial charge in [0.25, 0.3) is 0 Å².